The summed E-state index contributed by atoms with van der Waals surface area (Å²) in [6.45, 7) is 5.71. The number of hydrogen-bond donors (Lipinski definition) is 1. The summed E-state index contributed by atoms with van der Waals surface area (Å²) in [5.74, 6) is 0. The van der Waals surface area contributed by atoms with Gasteiger partial charge >= 0.3 is 0 Å². The van der Waals surface area contributed by atoms with Crippen LogP contribution in [-0.2, 0) is 0 Å². The minimum Gasteiger partial charge on any atom is -0.268 e. The van der Waals surface area contributed by atoms with Crippen molar-refractivity contribution in [1.82, 2.24) is 15.2 Å². The zero-order chi connectivity index (χ0) is 14.3. The number of nitrogens with one attached hydrogen (secondary N) is 1. The third-order valence-electron chi connectivity index (χ3n) is 3.63. The lowest BCUT2D eigenvalue weighted by Crippen LogP contribution is -2.14. The first kappa shape index (κ1) is 12.5. The highest BCUT2D eigenvalue weighted by Crippen LogP contribution is 2.24. The largest absolute Gasteiger partial charge is 0.268 e. The fraction of sp³-hybridized carbons (Fsp3) is 0.188. The third kappa shape index (κ3) is 1.99. The van der Waals surface area contributed by atoms with Gasteiger partial charge in [0.05, 0.1) is 11.2 Å². The Morgan fingerprint density at radius 2 is 1.80 bits per heavy atom. The molecular weight excluding hydrogens is 250 g/mol. The smallest absolute Gasteiger partial charge is 0.267 e. The van der Waals surface area contributed by atoms with Gasteiger partial charge in [-0.05, 0) is 44.5 Å². The van der Waals surface area contributed by atoms with E-state index in [1.165, 1.54) is 0 Å². The lowest BCUT2D eigenvalue weighted by atomic mass is 10.0. The number of H-pyrrole nitrogens is 1. The summed E-state index contributed by atoms with van der Waals surface area (Å²) in [5, 5.41) is 7.79. The maximum Gasteiger partial charge on any atom is 0.267 e. The summed E-state index contributed by atoms with van der Waals surface area (Å²) < 4.78 is 0. The Kier molecular flexibility index (Phi) is 2.86. The van der Waals surface area contributed by atoms with E-state index in [0.717, 1.165) is 33.4 Å². The summed E-state index contributed by atoms with van der Waals surface area (Å²) in [4.78, 5) is 16.0. The minimum absolute atomic E-state index is 0.135. The van der Waals surface area contributed by atoms with E-state index in [0.29, 0.717) is 5.56 Å². The minimum atomic E-state index is -0.135. The van der Waals surface area contributed by atoms with Crippen molar-refractivity contribution in [3.63, 3.8) is 0 Å². The van der Waals surface area contributed by atoms with Gasteiger partial charge in [-0.2, -0.15) is 5.10 Å². The highest BCUT2D eigenvalue weighted by atomic mass is 16.1. The average Bonchev–Trinajstić information content (AvgIpc) is 2.44. The second kappa shape index (κ2) is 4.56. The van der Waals surface area contributed by atoms with Crippen LogP contribution in [0.2, 0.25) is 0 Å². The van der Waals surface area contributed by atoms with Crippen LogP contribution in [0.4, 0.5) is 0 Å². The van der Waals surface area contributed by atoms with Gasteiger partial charge in [-0.15, -0.1) is 0 Å². The first-order valence-corrected chi connectivity index (χ1v) is 6.50. The molecule has 3 aromatic rings. The van der Waals surface area contributed by atoms with Gasteiger partial charge in [-0.25, -0.2) is 5.10 Å². The number of benzene rings is 1. The molecular formula is C16H15N3O. The molecule has 0 amide bonds. The Morgan fingerprint density at radius 3 is 2.60 bits per heavy atom. The fourth-order valence-corrected chi connectivity index (χ4v) is 2.28. The molecule has 1 aromatic carbocycles. The zero-order valence-electron chi connectivity index (χ0n) is 11.7. The van der Waals surface area contributed by atoms with E-state index in [-0.39, 0.29) is 5.56 Å². The average molecular weight is 265 g/mol. The first-order chi connectivity index (χ1) is 9.56. The second-order valence-electron chi connectivity index (χ2n) is 5.01. The molecule has 0 bridgehead atoms. The normalized spacial score (nSPS) is 10.9. The maximum atomic E-state index is 11.5. The highest BCUT2D eigenvalue weighted by Gasteiger charge is 2.09. The van der Waals surface area contributed by atoms with E-state index in [1.807, 2.05) is 39.0 Å². The van der Waals surface area contributed by atoms with Crippen LogP contribution in [0.1, 0.15) is 16.8 Å². The number of nitrogens with zero attached hydrogens (tertiary/aromatic N) is 2. The van der Waals surface area contributed by atoms with Crippen LogP contribution in [0.25, 0.3) is 22.2 Å². The molecule has 0 atom stereocenters. The topological polar surface area (TPSA) is 58.6 Å². The highest BCUT2D eigenvalue weighted by molar-refractivity contribution is 5.84. The second-order valence-corrected chi connectivity index (χ2v) is 5.01. The van der Waals surface area contributed by atoms with E-state index < -0.39 is 0 Å². The van der Waals surface area contributed by atoms with Crippen LogP contribution in [0, 0.1) is 20.8 Å². The van der Waals surface area contributed by atoms with Crippen molar-refractivity contribution in [3.05, 3.63) is 57.5 Å². The molecule has 2 aromatic heterocycles. The van der Waals surface area contributed by atoms with Gasteiger partial charge in [0, 0.05) is 22.2 Å². The Balaban J connectivity index is 2.22. The van der Waals surface area contributed by atoms with Crippen LogP contribution < -0.4 is 5.56 Å². The number of aromatic amines is 1. The Morgan fingerprint density at radius 1 is 1.00 bits per heavy atom. The molecule has 0 unspecified atom stereocenters. The summed E-state index contributed by atoms with van der Waals surface area (Å²) in [7, 11) is 0. The third-order valence-corrected chi connectivity index (χ3v) is 3.63. The summed E-state index contributed by atoms with van der Waals surface area (Å²) in [6.07, 6.45) is 0. The number of aromatic nitrogens is 3. The van der Waals surface area contributed by atoms with Gasteiger partial charge in [0.2, 0.25) is 0 Å². The van der Waals surface area contributed by atoms with E-state index >= 15 is 0 Å². The SMILES string of the molecule is Cc1ccc2cc(-c3n[nH]c(=O)c(C)c3C)ccc2n1. The predicted octanol–water partition coefficient (Wildman–Crippen LogP) is 2.91. The molecule has 0 saturated carbocycles. The zero-order valence-corrected chi connectivity index (χ0v) is 11.7. The molecule has 4 heteroatoms. The number of aryl methyl sites for hydroxylation is 1. The van der Waals surface area contributed by atoms with Crippen molar-refractivity contribution in [1.29, 1.82) is 0 Å². The van der Waals surface area contributed by atoms with Crippen LogP contribution in [0.3, 0.4) is 0 Å². The molecule has 0 fully saturated rings. The predicted molar refractivity (Wildman–Crippen MR) is 79.8 cm³/mol. The fourth-order valence-electron chi connectivity index (χ4n) is 2.28. The molecule has 20 heavy (non-hydrogen) atoms. The van der Waals surface area contributed by atoms with Crippen LogP contribution >= 0.6 is 0 Å². The lowest BCUT2D eigenvalue weighted by molar-refractivity contribution is 0.959. The molecule has 0 aliphatic rings. The molecule has 100 valence electrons. The van der Waals surface area contributed by atoms with Gasteiger partial charge in [0.1, 0.15) is 0 Å². The molecule has 3 rings (SSSR count). The van der Waals surface area contributed by atoms with Gasteiger partial charge < -0.3 is 0 Å². The van der Waals surface area contributed by atoms with E-state index in [1.54, 1.807) is 0 Å². The molecule has 0 spiro atoms. The number of rotatable bonds is 1. The van der Waals surface area contributed by atoms with Crippen LogP contribution in [-0.4, -0.2) is 15.2 Å². The summed E-state index contributed by atoms with van der Waals surface area (Å²) >= 11 is 0. The molecule has 0 aliphatic carbocycles. The monoisotopic (exact) mass is 265 g/mol. The van der Waals surface area contributed by atoms with Crippen molar-refractivity contribution in [3.8, 4) is 11.3 Å². The van der Waals surface area contributed by atoms with E-state index in [9.17, 15) is 4.79 Å². The van der Waals surface area contributed by atoms with Gasteiger partial charge in [0.15, 0.2) is 0 Å². The Labute approximate surface area is 116 Å². The summed E-state index contributed by atoms with van der Waals surface area (Å²) in [5.41, 5.74) is 5.24. The maximum absolute atomic E-state index is 11.5. The van der Waals surface area contributed by atoms with Gasteiger partial charge in [0.25, 0.3) is 5.56 Å². The summed E-state index contributed by atoms with van der Waals surface area (Å²) in [6, 6.07) is 10.1. The molecule has 2 heterocycles. The van der Waals surface area contributed by atoms with Gasteiger partial charge in [-0.3, -0.25) is 9.78 Å². The van der Waals surface area contributed by atoms with E-state index in [2.05, 4.69) is 27.3 Å². The number of hydrogen-bond acceptors (Lipinski definition) is 3. The lowest BCUT2D eigenvalue weighted by Gasteiger charge is -2.08. The number of pyridine rings is 1. The van der Waals surface area contributed by atoms with Crippen LogP contribution in [0.5, 0.6) is 0 Å². The number of fused-ring (bicyclic) bond motifs is 1. The molecule has 0 radical (unpaired) electrons. The van der Waals surface area contributed by atoms with Crippen LogP contribution in [0.15, 0.2) is 35.1 Å². The quantitative estimate of drug-likeness (QED) is 0.736. The molecule has 4 nitrogen and oxygen atoms in total. The van der Waals surface area contributed by atoms with Gasteiger partial charge in [-0.1, -0.05) is 12.1 Å². The Hall–Kier alpha value is -2.49. The molecule has 0 saturated heterocycles. The standard InChI is InChI=1S/C16H15N3O/c1-9-4-5-12-8-13(6-7-14(12)17-9)15-10(2)11(3)16(20)19-18-15/h4-8H,1-3H3,(H,19,20). The van der Waals surface area contributed by atoms with Crippen molar-refractivity contribution in [2.24, 2.45) is 0 Å². The van der Waals surface area contributed by atoms with E-state index in [4.69, 9.17) is 0 Å². The Bertz CT molecular complexity index is 865. The van der Waals surface area contributed by atoms with Crippen molar-refractivity contribution >= 4 is 10.9 Å². The molecule has 1 N–H and O–H groups in total. The van der Waals surface area contributed by atoms with Crippen molar-refractivity contribution < 1.29 is 0 Å². The first-order valence-electron chi connectivity index (χ1n) is 6.50. The van der Waals surface area contributed by atoms with Crippen molar-refractivity contribution in [2.45, 2.75) is 20.8 Å². The molecule has 0 aliphatic heterocycles. The van der Waals surface area contributed by atoms with Crippen molar-refractivity contribution in [2.75, 3.05) is 0 Å².